The monoisotopic (exact) mass is 314 g/mol. The van der Waals surface area contributed by atoms with Gasteiger partial charge in [-0.15, -0.1) is 0 Å². The molecule has 0 aliphatic heterocycles. The van der Waals surface area contributed by atoms with Crippen LogP contribution in [-0.4, -0.2) is 9.78 Å². The van der Waals surface area contributed by atoms with Crippen LogP contribution in [0.1, 0.15) is 5.56 Å². The van der Waals surface area contributed by atoms with Crippen LogP contribution in [0.4, 0.5) is 0 Å². The summed E-state index contributed by atoms with van der Waals surface area (Å²) >= 11 is 6.78. The number of hydrogen-bond donors (Lipinski definition) is 0. The lowest BCUT2D eigenvalue weighted by Crippen LogP contribution is -2.01. The van der Waals surface area contributed by atoms with Gasteiger partial charge in [0.05, 0.1) is 6.54 Å². The average molecular weight is 316 g/mol. The topological polar surface area (TPSA) is 17.8 Å². The smallest absolute Gasteiger partial charge is 0.129 e. The number of hydrogen-bond acceptors (Lipinski definition) is 1. The quantitative estimate of drug-likeness (QED) is 0.830. The Morgan fingerprint density at radius 1 is 1.14 bits per heavy atom. The first-order valence-electron chi connectivity index (χ1n) is 4.18. The molecule has 0 N–H and O–H groups in total. The first kappa shape index (κ1) is 9.93. The maximum Gasteiger partial charge on any atom is 0.129 e. The lowest BCUT2D eigenvalue weighted by Gasteiger charge is -2.02. The van der Waals surface area contributed by atoms with Crippen molar-refractivity contribution < 1.29 is 0 Å². The van der Waals surface area contributed by atoms with E-state index in [2.05, 4.69) is 49.1 Å². The van der Waals surface area contributed by atoms with E-state index in [9.17, 15) is 0 Å². The second kappa shape index (κ2) is 4.28. The Morgan fingerprint density at radius 3 is 2.43 bits per heavy atom. The minimum absolute atomic E-state index is 0.785. The molecule has 14 heavy (non-hydrogen) atoms. The first-order valence-corrected chi connectivity index (χ1v) is 5.77. The highest BCUT2D eigenvalue weighted by molar-refractivity contribution is 9.11. The van der Waals surface area contributed by atoms with E-state index in [0.29, 0.717) is 0 Å². The Labute approximate surface area is 99.2 Å². The Hall–Kier alpha value is -0.610. The number of aromatic nitrogens is 2. The molecule has 72 valence electrons. The van der Waals surface area contributed by atoms with Crippen molar-refractivity contribution >= 4 is 31.9 Å². The first-order chi connectivity index (χ1) is 6.75. The molecule has 0 atom stereocenters. The van der Waals surface area contributed by atoms with Crippen LogP contribution in [0.25, 0.3) is 0 Å². The van der Waals surface area contributed by atoms with Crippen LogP contribution in [0, 0.1) is 0 Å². The molecule has 4 heteroatoms. The van der Waals surface area contributed by atoms with E-state index < -0.39 is 0 Å². The van der Waals surface area contributed by atoms with Crippen molar-refractivity contribution in [2.45, 2.75) is 6.54 Å². The van der Waals surface area contributed by atoms with Crippen molar-refractivity contribution in [3.63, 3.8) is 0 Å². The zero-order chi connectivity index (χ0) is 9.97. The van der Waals surface area contributed by atoms with Gasteiger partial charge < -0.3 is 0 Å². The third kappa shape index (κ3) is 2.25. The van der Waals surface area contributed by atoms with Gasteiger partial charge in [-0.05, 0) is 37.4 Å². The largest absolute Gasteiger partial charge is 0.253 e. The van der Waals surface area contributed by atoms with Gasteiger partial charge in [-0.1, -0.05) is 30.3 Å². The van der Waals surface area contributed by atoms with Crippen molar-refractivity contribution in [3.05, 3.63) is 51.2 Å². The molecule has 0 saturated carbocycles. The van der Waals surface area contributed by atoms with Gasteiger partial charge in [-0.3, -0.25) is 4.68 Å². The van der Waals surface area contributed by atoms with Crippen LogP contribution >= 0.6 is 31.9 Å². The van der Waals surface area contributed by atoms with Crippen molar-refractivity contribution in [1.82, 2.24) is 9.78 Å². The highest BCUT2D eigenvalue weighted by atomic mass is 79.9. The fraction of sp³-hybridized carbons (Fsp3) is 0.100. The molecule has 0 spiro atoms. The second-order valence-corrected chi connectivity index (χ2v) is 4.56. The molecular formula is C10H8Br2N2. The average Bonchev–Trinajstić information content (AvgIpc) is 2.47. The van der Waals surface area contributed by atoms with Gasteiger partial charge in [-0.25, -0.2) is 0 Å². The van der Waals surface area contributed by atoms with Crippen molar-refractivity contribution in [2.24, 2.45) is 0 Å². The molecule has 2 nitrogen and oxygen atoms in total. The third-order valence-corrected chi connectivity index (χ3v) is 2.90. The van der Waals surface area contributed by atoms with Crippen molar-refractivity contribution in [3.8, 4) is 0 Å². The Morgan fingerprint density at radius 2 is 1.86 bits per heavy atom. The molecule has 1 heterocycles. The van der Waals surface area contributed by atoms with E-state index >= 15 is 0 Å². The normalized spacial score (nSPS) is 10.4. The van der Waals surface area contributed by atoms with Gasteiger partial charge in [0, 0.05) is 6.07 Å². The number of benzene rings is 1. The lowest BCUT2D eigenvalue weighted by atomic mass is 10.2. The molecule has 0 radical (unpaired) electrons. The number of rotatable bonds is 2. The Kier molecular flexibility index (Phi) is 3.03. The van der Waals surface area contributed by atoms with Gasteiger partial charge in [0.25, 0.3) is 0 Å². The molecular weight excluding hydrogens is 308 g/mol. The third-order valence-electron chi connectivity index (χ3n) is 1.88. The molecule has 0 fully saturated rings. The standard InChI is InChI=1S/C10H8Br2N2/c11-9-6-10(12)14(13-9)7-8-4-2-1-3-5-8/h1-6H,7H2. The van der Waals surface area contributed by atoms with Gasteiger partial charge in [0.2, 0.25) is 0 Å². The highest BCUT2D eigenvalue weighted by Crippen LogP contribution is 2.17. The van der Waals surface area contributed by atoms with E-state index in [1.165, 1.54) is 5.56 Å². The van der Waals surface area contributed by atoms with Crippen LogP contribution in [0.3, 0.4) is 0 Å². The summed E-state index contributed by atoms with van der Waals surface area (Å²) in [4.78, 5) is 0. The molecule has 0 aliphatic rings. The highest BCUT2D eigenvalue weighted by Gasteiger charge is 2.02. The molecule has 2 aromatic rings. The molecule has 1 aromatic carbocycles. The Bertz CT molecular complexity index is 423. The maximum absolute atomic E-state index is 4.29. The minimum Gasteiger partial charge on any atom is -0.253 e. The zero-order valence-corrected chi connectivity index (χ0v) is 10.5. The fourth-order valence-corrected chi connectivity index (χ4v) is 2.37. The Balaban J connectivity index is 2.23. The molecule has 0 saturated heterocycles. The van der Waals surface area contributed by atoms with E-state index in [0.717, 1.165) is 15.8 Å². The fourth-order valence-electron chi connectivity index (χ4n) is 1.23. The summed E-state index contributed by atoms with van der Waals surface area (Å²) in [5.74, 6) is 0. The van der Waals surface area contributed by atoms with Gasteiger partial charge >= 0.3 is 0 Å². The molecule has 0 amide bonds. The van der Waals surface area contributed by atoms with Crippen LogP contribution in [0.15, 0.2) is 45.6 Å². The molecule has 1 aromatic heterocycles. The summed E-state index contributed by atoms with van der Waals surface area (Å²) in [6.45, 7) is 0.785. The van der Waals surface area contributed by atoms with Crippen LogP contribution in [-0.2, 0) is 6.54 Å². The van der Waals surface area contributed by atoms with Crippen LogP contribution < -0.4 is 0 Å². The number of nitrogens with zero attached hydrogens (tertiary/aromatic N) is 2. The predicted octanol–water partition coefficient (Wildman–Crippen LogP) is 3.46. The second-order valence-electron chi connectivity index (χ2n) is 2.93. The summed E-state index contributed by atoms with van der Waals surface area (Å²) in [7, 11) is 0. The SMILES string of the molecule is Brc1cc(Br)n(Cc2ccccc2)n1. The maximum atomic E-state index is 4.29. The van der Waals surface area contributed by atoms with E-state index in [-0.39, 0.29) is 0 Å². The lowest BCUT2D eigenvalue weighted by molar-refractivity contribution is 0.667. The predicted molar refractivity (Wildman–Crippen MR) is 63.2 cm³/mol. The van der Waals surface area contributed by atoms with E-state index in [1.807, 2.05) is 28.9 Å². The molecule has 0 bridgehead atoms. The summed E-state index contributed by atoms with van der Waals surface area (Å²) in [5.41, 5.74) is 1.24. The van der Waals surface area contributed by atoms with Gasteiger partial charge in [0.1, 0.15) is 9.21 Å². The molecule has 0 unspecified atom stereocenters. The molecule has 2 rings (SSSR count). The summed E-state index contributed by atoms with van der Waals surface area (Å²) in [6, 6.07) is 12.2. The molecule has 0 aliphatic carbocycles. The van der Waals surface area contributed by atoms with E-state index in [4.69, 9.17) is 0 Å². The number of halogens is 2. The minimum atomic E-state index is 0.785. The summed E-state index contributed by atoms with van der Waals surface area (Å²) < 4.78 is 3.73. The summed E-state index contributed by atoms with van der Waals surface area (Å²) in [5, 5.41) is 4.29. The van der Waals surface area contributed by atoms with Crippen LogP contribution in [0.5, 0.6) is 0 Å². The van der Waals surface area contributed by atoms with Crippen molar-refractivity contribution in [1.29, 1.82) is 0 Å². The van der Waals surface area contributed by atoms with Crippen molar-refractivity contribution in [2.75, 3.05) is 0 Å². The summed E-state index contributed by atoms with van der Waals surface area (Å²) in [6.07, 6.45) is 0. The van der Waals surface area contributed by atoms with Gasteiger partial charge in [-0.2, -0.15) is 5.10 Å². The zero-order valence-electron chi connectivity index (χ0n) is 7.32. The van der Waals surface area contributed by atoms with Crippen LogP contribution in [0.2, 0.25) is 0 Å². The van der Waals surface area contributed by atoms with Gasteiger partial charge in [0.15, 0.2) is 0 Å². The van der Waals surface area contributed by atoms with E-state index in [1.54, 1.807) is 0 Å².